The number of alkyl carbamates (subject to hydrolysis) is 1. The van der Waals surface area contributed by atoms with Crippen molar-refractivity contribution in [2.75, 3.05) is 6.61 Å². The summed E-state index contributed by atoms with van der Waals surface area (Å²) in [5.41, 5.74) is 0.507. The quantitative estimate of drug-likeness (QED) is 0.857. The summed E-state index contributed by atoms with van der Waals surface area (Å²) in [5.74, 6) is -0.466. The van der Waals surface area contributed by atoms with Crippen LogP contribution in [-0.4, -0.2) is 12.7 Å². The number of rotatable bonds is 1. The van der Waals surface area contributed by atoms with E-state index in [4.69, 9.17) is 16.3 Å². The van der Waals surface area contributed by atoms with Crippen molar-refractivity contribution >= 4 is 30.1 Å². The molecule has 1 aliphatic heterocycles. The lowest BCUT2D eigenvalue weighted by atomic mass is 9.80. The molecule has 3 nitrogen and oxygen atoms in total. The number of benzene rings is 1. The molecule has 1 aromatic rings. The molecule has 1 amide bonds. The molecular weight excluding hydrogens is 280 g/mol. The molecule has 18 heavy (non-hydrogen) atoms. The van der Waals surface area contributed by atoms with Crippen LogP contribution in [0.1, 0.15) is 25.5 Å². The van der Waals surface area contributed by atoms with E-state index in [1.54, 1.807) is 6.07 Å². The molecule has 0 radical (unpaired) electrons. The average molecular weight is 294 g/mol. The lowest BCUT2D eigenvalue weighted by molar-refractivity contribution is 0.0387. The number of nitrogens with one attached hydrogen (secondary N) is 1. The summed E-state index contributed by atoms with van der Waals surface area (Å²) in [6, 6.07) is 4.23. The van der Waals surface area contributed by atoms with E-state index in [1.165, 1.54) is 12.1 Å². The predicted octanol–water partition coefficient (Wildman–Crippen LogP) is 3.71. The van der Waals surface area contributed by atoms with E-state index in [0.717, 1.165) is 5.56 Å². The van der Waals surface area contributed by atoms with E-state index in [2.05, 4.69) is 5.32 Å². The lowest BCUT2D eigenvalue weighted by Gasteiger charge is -2.38. The monoisotopic (exact) mass is 293 g/mol. The number of carbonyl (C=O) groups excluding carboxylic acids is 1. The van der Waals surface area contributed by atoms with Crippen LogP contribution in [0.15, 0.2) is 18.2 Å². The zero-order valence-electron chi connectivity index (χ0n) is 10.00. The maximum Gasteiger partial charge on any atom is 0.407 e. The summed E-state index contributed by atoms with van der Waals surface area (Å²) in [7, 11) is 0. The van der Waals surface area contributed by atoms with E-state index >= 15 is 0 Å². The van der Waals surface area contributed by atoms with Crippen LogP contribution in [-0.2, 0) is 4.74 Å². The molecule has 0 saturated carbocycles. The molecule has 0 bridgehead atoms. The molecule has 1 atom stereocenters. The number of halogens is 3. The largest absolute Gasteiger partial charge is 0.449 e. The molecule has 1 fully saturated rings. The second-order valence-corrected chi connectivity index (χ2v) is 5.22. The Hall–Kier alpha value is -1.00. The molecule has 1 aromatic carbocycles. The first kappa shape index (κ1) is 15.1. The number of carbonyl (C=O) groups is 1. The smallest absolute Gasteiger partial charge is 0.407 e. The standard InChI is InChI=1S/C12H13ClFNO2.ClH/c1-12(2)6-17-11(16)15-10(12)7-3-4-9(14)8(13)5-7;/h3-5,10H,6H2,1-2H3,(H,15,16);1H/t10-;/m1./s1. The Kier molecular flexibility index (Phi) is 4.46. The maximum atomic E-state index is 13.1. The summed E-state index contributed by atoms with van der Waals surface area (Å²) in [4.78, 5) is 11.2. The van der Waals surface area contributed by atoms with Gasteiger partial charge in [0, 0.05) is 5.41 Å². The summed E-state index contributed by atoms with van der Waals surface area (Å²) in [6.45, 7) is 4.25. The van der Waals surface area contributed by atoms with Crippen LogP contribution in [0.25, 0.3) is 0 Å². The molecule has 0 aromatic heterocycles. The Balaban J connectivity index is 0.00000162. The highest BCUT2D eigenvalue weighted by molar-refractivity contribution is 6.30. The van der Waals surface area contributed by atoms with Crippen LogP contribution in [0.5, 0.6) is 0 Å². The first-order chi connectivity index (χ1) is 7.90. The molecule has 100 valence electrons. The molecule has 1 saturated heterocycles. The van der Waals surface area contributed by atoms with Gasteiger partial charge in [-0.05, 0) is 17.7 Å². The van der Waals surface area contributed by atoms with Gasteiger partial charge in [-0.15, -0.1) is 12.4 Å². The molecule has 6 heteroatoms. The van der Waals surface area contributed by atoms with Gasteiger partial charge in [-0.2, -0.15) is 0 Å². The Morgan fingerprint density at radius 3 is 2.78 bits per heavy atom. The van der Waals surface area contributed by atoms with Crippen molar-refractivity contribution < 1.29 is 13.9 Å². The molecule has 0 aliphatic carbocycles. The van der Waals surface area contributed by atoms with Gasteiger partial charge in [-0.1, -0.05) is 31.5 Å². The molecule has 1 N–H and O–H groups in total. The zero-order chi connectivity index (χ0) is 12.6. The van der Waals surface area contributed by atoms with Gasteiger partial charge < -0.3 is 10.1 Å². The summed E-state index contributed by atoms with van der Waals surface area (Å²) >= 11 is 5.74. The van der Waals surface area contributed by atoms with E-state index in [0.29, 0.717) is 6.61 Å². The number of hydrogen-bond donors (Lipinski definition) is 1. The summed E-state index contributed by atoms with van der Waals surface area (Å²) in [5, 5.41) is 2.78. The summed E-state index contributed by atoms with van der Waals surface area (Å²) in [6.07, 6.45) is -0.463. The fraction of sp³-hybridized carbons (Fsp3) is 0.417. The Bertz CT molecular complexity index is 465. The highest BCUT2D eigenvalue weighted by Gasteiger charge is 2.37. The van der Waals surface area contributed by atoms with Crippen molar-refractivity contribution in [3.05, 3.63) is 34.6 Å². The SMILES string of the molecule is CC1(C)COC(=O)N[C@@H]1c1ccc(F)c(Cl)c1.Cl. The molecule has 1 heterocycles. The van der Waals surface area contributed by atoms with Gasteiger partial charge in [0.25, 0.3) is 0 Å². The van der Waals surface area contributed by atoms with Gasteiger partial charge >= 0.3 is 6.09 Å². The van der Waals surface area contributed by atoms with Gasteiger partial charge in [0.15, 0.2) is 0 Å². The van der Waals surface area contributed by atoms with Crippen molar-refractivity contribution in [2.45, 2.75) is 19.9 Å². The first-order valence-corrected chi connectivity index (χ1v) is 5.66. The minimum Gasteiger partial charge on any atom is -0.449 e. The number of cyclic esters (lactones) is 1. The molecule has 2 rings (SSSR count). The third-order valence-electron chi connectivity index (χ3n) is 2.90. The Labute approximate surface area is 116 Å². The number of hydrogen-bond acceptors (Lipinski definition) is 2. The van der Waals surface area contributed by atoms with Gasteiger partial charge in [-0.3, -0.25) is 0 Å². The van der Waals surface area contributed by atoms with Crippen molar-refractivity contribution in [3.63, 3.8) is 0 Å². The second kappa shape index (κ2) is 5.33. The van der Waals surface area contributed by atoms with E-state index in [9.17, 15) is 9.18 Å². The van der Waals surface area contributed by atoms with Crippen molar-refractivity contribution in [3.8, 4) is 0 Å². The zero-order valence-corrected chi connectivity index (χ0v) is 11.6. The third kappa shape index (κ3) is 2.87. The van der Waals surface area contributed by atoms with Gasteiger partial charge in [0.1, 0.15) is 12.4 Å². The van der Waals surface area contributed by atoms with E-state index in [-0.39, 0.29) is 28.9 Å². The second-order valence-electron chi connectivity index (χ2n) is 4.82. The van der Waals surface area contributed by atoms with Gasteiger partial charge in [-0.25, -0.2) is 9.18 Å². The molecule has 0 unspecified atom stereocenters. The maximum absolute atomic E-state index is 13.1. The van der Waals surface area contributed by atoms with Crippen LogP contribution < -0.4 is 5.32 Å². The Morgan fingerprint density at radius 1 is 1.50 bits per heavy atom. The fourth-order valence-corrected chi connectivity index (χ4v) is 2.11. The minimum atomic E-state index is -0.466. The minimum absolute atomic E-state index is 0. The molecule has 1 aliphatic rings. The van der Waals surface area contributed by atoms with Crippen molar-refractivity contribution in [1.29, 1.82) is 0 Å². The fourth-order valence-electron chi connectivity index (χ4n) is 1.92. The Morgan fingerprint density at radius 2 is 2.17 bits per heavy atom. The van der Waals surface area contributed by atoms with Gasteiger partial charge in [0.05, 0.1) is 11.1 Å². The van der Waals surface area contributed by atoms with Crippen LogP contribution in [0, 0.1) is 11.2 Å². The van der Waals surface area contributed by atoms with Crippen molar-refractivity contribution in [2.24, 2.45) is 5.41 Å². The average Bonchev–Trinajstić information content (AvgIpc) is 2.26. The van der Waals surface area contributed by atoms with Crippen LogP contribution >= 0.6 is 24.0 Å². The topological polar surface area (TPSA) is 38.3 Å². The lowest BCUT2D eigenvalue weighted by Crippen LogP contribution is -2.46. The van der Waals surface area contributed by atoms with Crippen molar-refractivity contribution in [1.82, 2.24) is 5.32 Å². The highest BCUT2D eigenvalue weighted by Crippen LogP contribution is 2.37. The number of amides is 1. The highest BCUT2D eigenvalue weighted by atomic mass is 35.5. The van der Waals surface area contributed by atoms with E-state index < -0.39 is 11.9 Å². The summed E-state index contributed by atoms with van der Waals surface area (Å²) < 4.78 is 18.0. The normalized spacial score (nSPS) is 21.6. The molecule has 0 spiro atoms. The first-order valence-electron chi connectivity index (χ1n) is 5.28. The predicted molar refractivity (Wildman–Crippen MR) is 69.7 cm³/mol. The third-order valence-corrected chi connectivity index (χ3v) is 3.19. The van der Waals surface area contributed by atoms with Gasteiger partial charge in [0.2, 0.25) is 0 Å². The van der Waals surface area contributed by atoms with Crippen LogP contribution in [0.4, 0.5) is 9.18 Å². The number of ether oxygens (including phenoxy) is 1. The van der Waals surface area contributed by atoms with Crippen LogP contribution in [0.2, 0.25) is 5.02 Å². The molecular formula is C12H14Cl2FNO2. The van der Waals surface area contributed by atoms with Crippen LogP contribution in [0.3, 0.4) is 0 Å². The van der Waals surface area contributed by atoms with E-state index in [1.807, 2.05) is 13.8 Å².